The number of benzene rings is 1. The summed E-state index contributed by atoms with van der Waals surface area (Å²) >= 11 is 3.40. The number of carbonyl (C=O) groups excluding carboxylic acids is 1. The van der Waals surface area contributed by atoms with E-state index in [1.807, 2.05) is 31.2 Å². The van der Waals surface area contributed by atoms with Gasteiger partial charge in [-0.1, -0.05) is 28.1 Å². The number of carbonyl (C=O) groups is 1. The van der Waals surface area contributed by atoms with Gasteiger partial charge in [-0.2, -0.15) is 4.98 Å². The van der Waals surface area contributed by atoms with Crippen LogP contribution >= 0.6 is 15.9 Å². The molecule has 7 heteroatoms. The molecule has 2 atom stereocenters. The van der Waals surface area contributed by atoms with E-state index < -0.39 is 0 Å². The lowest BCUT2D eigenvalue weighted by Crippen LogP contribution is -2.28. The second-order valence-corrected chi connectivity index (χ2v) is 6.49. The van der Waals surface area contributed by atoms with Crippen LogP contribution in [0.15, 0.2) is 41.0 Å². The topological polar surface area (TPSA) is 73.3 Å². The van der Waals surface area contributed by atoms with Crippen molar-refractivity contribution in [2.75, 3.05) is 13.2 Å². The Balaban J connectivity index is 1.64. The maximum atomic E-state index is 12.4. The monoisotopic (exact) mass is 391 g/mol. The van der Waals surface area contributed by atoms with Crippen LogP contribution in [0.1, 0.15) is 35.4 Å². The molecule has 0 bridgehead atoms. The molecule has 1 saturated heterocycles. The minimum Gasteiger partial charge on any atom is -0.458 e. The molecule has 126 valence electrons. The number of hydrogen-bond donors (Lipinski definition) is 1. The predicted molar refractivity (Wildman–Crippen MR) is 91.9 cm³/mol. The van der Waals surface area contributed by atoms with E-state index in [0.29, 0.717) is 13.2 Å². The third kappa shape index (κ3) is 4.30. The van der Waals surface area contributed by atoms with Gasteiger partial charge in [0.25, 0.3) is 5.91 Å². The molecule has 1 aromatic carbocycles. The lowest BCUT2D eigenvalue weighted by atomic mass is 10.1. The lowest BCUT2D eigenvalue weighted by molar-refractivity contribution is 0.0930. The Bertz CT molecular complexity index is 702. The van der Waals surface area contributed by atoms with Crippen LogP contribution in [0, 0.1) is 0 Å². The van der Waals surface area contributed by atoms with Crippen molar-refractivity contribution >= 4 is 21.8 Å². The van der Waals surface area contributed by atoms with Crippen molar-refractivity contribution in [3.8, 4) is 6.01 Å². The highest BCUT2D eigenvalue weighted by atomic mass is 79.9. The third-order valence-corrected chi connectivity index (χ3v) is 4.27. The number of rotatable bonds is 5. The Morgan fingerprint density at radius 1 is 1.38 bits per heavy atom. The number of hydrogen-bond acceptors (Lipinski definition) is 5. The maximum absolute atomic E-state index is 12.4. The first kappa shape index (κ1) is 16.9. The molecule has 24 heavy (non-hydrogen) atoms. The van der Waals surface area contributed by atoms with Gasteiger partial charge < -0.3 is 14.8 Å². The largest absolute Gasteiger partial charge is 0.458 e. The highest BCUT2D eigenvalue weighted by Crippen LogP contribution is 2.17. The number of aromatic nitrogens is 2. The van der Waals surface area contributed by atoms with E-state index >= 15 is 0 Å². The van der Waals surface area contributed by atoms with E-state index in [9.17, 15) is 4.79 Å². The fraction of sp³-hybridized carbons (Fsp3) is 0.353. The molecule has 0 aliphatic carbocycles. The Hall–Kier alpha value is -1.99. The van der Waals surface area contributed by atoms with Crippen LogP contribution in [-0.4, -0.2) is 35.2 Å². The predicted octanol–water partition coefficient (Wildman–Crippen LogP) is 2.90. The van der Waals surface area contributed by atoms with Gasteiger partial charge in [-0.15, -0.1) is 0 Å². The molecule has 0 saturated carbocycles. The van der Waals surface area contributed by atoms with Gasteiger partial charge in [-0.25, -0.2) is 4.98 Å². The Morgan fingerprint density at radius 3 is 2.88 bits per heavy atom. The lowest BCUT2D eigenvalue weighted by Gasteiger charge is -2.15. The SMILES string of the molecule is CC(NC(=O)c1ccnc(O[C@@H]2CCOC2)n1)c1ccc(Br)cc1. The van der Waals surface area contributed by atoms with E-state index in [1.54, 1.807) is 6.07 Å². The van der Waals surface area contributed by atoms with Gasteiger partial charge in [-0.3, -0.25) is 4.79 Å². The molecule has 0 spiro atoms. The summed E-state index contributed by atoms with van der Waals surface area (Å²) in [4.78, 5) is 20.6. The summed E-state index contributed by atoms with van der Waals surface area (Å²) in [6.07, 6.45) is 2.28. The van der Waals surface area contributed by atoms with Crippen molar-refractivity contribution in [3.05, 3.63) is 52.3 Å². The Morgan fingerprint density at radius 2 is 2.17 bits per heavy atom. The fourth-order valence-corrected chi connectivity index (χ4v) is 2.65. The molecule has 1 aliphatic heterocycles. The van der Waals surface area contributed by atoms with Crippen molar-refractivity contribution in [3.63, 3.8) is 0 Å². The van der Waals surface area contributed by atoms with Crippen LogP contribution in [0.25, 0.3) is 0 Å². The smallest absolute Gasteiger partial charge is 0.317 e. The van der Waals surface area contributed by atoms with Crippen LogP contribution in [0.2, 0.25) is 0 Å². The first-order chi connectivity index (χ1) is 11.6. The first-order valence-electron chi connectivity index (χ1n) is 7.75. The van der Waals surface area contributed by atoms with Crippen molar-refractivity contribution in [2.24, 2.45) is 0 Å². The average molecular weight is 392 g/mol. The minimum atomic E-state index is -0.264. The van der Waals surface area contributed by atoms with Crippen molar-refractivity contribution < 1.29 is 14.3 Å². The van der Waals surface area contributed by atoms with E-state index in [1.165, 1.54) is 6.20 Å². The van der Waals surface area contributed by atoms with Gasteiger partial charge in [0.2, 0.25) is 0 Å². The molecule has 1 aliphatic rings. The summed E-state index contributed by atoms with van der Waals surface area (Å²) in [5.74, 6) is -0.264. The summed E-state index contributed by atoms with van der Waals surface area (Å²) < 4.78 is 11.9. The minimum absolute atomic E-state index is 0.0509. The highest BCUT2D eigenvalue weighted by molar-refractivity contribution is 9.10. The second kappa shape index (κ2) is 7.72. The zero-order valence-corrected chi connectivity index (χ0v) is 14.8. The Kier molecular flexibility index (Phi) is 5.42. The summed E-state index contributed by atoms with van der Waals surface area (Å²) in [6, 6.07) is 9.45. The van der Waals surface area contributed by atoms with Crippen LogP contribution in [-0.2, 0) is 4.74 Å². The van der Waals surface area contributed by atoms with Gasteiger partial charge in [-0.05, 0) is 30.7 Å². The van der Waals surface area contributed by atoms with Crippen LogP contribution < -0.4 is 10.1 Å². The van der Waals surface area contributed by atoms with Crippen LogP contribution in [0.3, 0.4) is 0 Å². The molecule has 0 radical (unpaired) electrons. The van der Waals surface area contributed by atoms with Gasteiger partial charge in [0.1, 0.15) is 11.8 Å². The third-order valence-electron chi connectivity index (χ3n) is 3.74. The quantitative estimate of drug-likeness (QED) is 0.847. The standard InChI is InChI=1S/C17H18BrN3O3/c1-11(12-2-4-13(18)5-3-12)20-16(22)15-6-8-19-17(21-15)24-14-7-9-23-10-14/h2-6,8,11,14H,7,9-10H2,1H3,(H,20,22)/t11?,14-/m1/s1. The molecule has 2 heterocycles. The molecule has 6 nitrogen and oxygen atoms in total. The highest BCUT2D eigenvalue weighted by Gasteiger charge is 2.19. The van der Waals surface area contributed by atoms with Gasteiger partial charge >= 0.3 is 6.01 Å². The number of halogens is 1. The van der Waals surface area contributed by atoms with Crippen LogP contribution in [0.4, 0.5) is 0 Å². The molecule has 1 aromatic heterocycles. The second-order valence-electron chi connectivity index (χ2n) is 5.57. The number of nitrogens with one attached hydrogen (secondary N) is 1. The van der Waals surface area contributed by atoms with E-state index in [4.69, 9.17) is 9.47 Å². The summed E-state index contributed by atoms with van der Waals surface area (Å²) in [5, 5.41) is 2.93. The number of nitrogens with zero attached hydrogens (tertiary/aromatic N) is 2. The zero-order valence-electron chi connectivity index (χ0n) is 13.2. The zero-order chi connectivity index (χ0) is 16.9. The van der Waals surface area contributed by atoms with Crippen molar-refractivity contribution in [2.45, 2.75) is 25.5 Å². The summed E-state index contributed by atoms with van der Waals surface area (Å²) in [6.45, 7) is 3.13. The van der Waals surface area contributed by atoms with Crippen LogP contribution in [0.5, 0.6) is 6.01 Å². The molecular weight excluding hydrogens is 374 g/mol. The van der Waals surface area contributed by atoms with Crippen molar-refractivity contribution in [1.82, 2.24) is 15.3 Å². The number of ether oxygens (including phenoxy) is 2. The summed E-state index contributed by atoms with van der Waals surface area (Å²) in [7, 11) is 0. The molecular formula is C17H18BrN3O3. The first-order valence-corrected chi connectivity index (χ1v) is 8.55. The molecule has 1 fully saturated rings. The van der Waals surface area contributed by atoms with Gasteiger partial charge in [0, 0.05) is 17.1 Å². The fourth-order valence-electron chi connectivity index (χ4n) is 2.38. The average Bonchev–Trinajstić information content (AvgIpc) is 3.08. The molecule has 1 N–H and O–H groups in total. The van der Waals surface area contributed by atoms with E-state index in [-0.39, 0.29) is 29.8 Å². The van der Waals surface area contributed by atoms with E-state index in [0.717, 1.165) is 16.5 Å². The molecule has 3 rings (SSSR count). The Labute approximate surface area is 148 Å². The van der Waals surface area contributed by atoms with E-state index in [2.05, 4.69) is 31.2 Å². The maximum Gasteiger partial charge on any atom is 0.317 e. The molecule has 1 amide bonds. The van der Waals surface area contributed by atoms with Gasteiger partial charge in [0.15, 0.2) is 0 Å². The number of amides is 1. The van der Waals surface area contributed by atoms with Gasteiger partial charge in [0.05, 0.1) is 19.3 Å². The van der Waals surface area contributed by atoms with Crippen molar-refractivity contribution in [1.29, 1.82) is 0 Å². The molecule has 1 unspecified atom stereocenters. The molecule has 2 aromatic rings. The summed E-state index contributed by atoms with van der Waals surface area (Å²) in [5.41, 5.74) is 1.29. The normalized spacial score (nSPS) is 18.2.